The highest BCUT2D eigenvalue weighted by molar-refractivity contribution is 5.69. The van der Waals surface area contributed by atoms with Gasteiger partial charge in [-0.25, -0.2) is 4.79 Å². The Balaban J connectivity index is 1.67. The van der Waals surface area contributed by atoms with Crippen LogP contribution in [0.1, 0.15) is 46.5 Å². The summed E-state index contributed by atoms with van der Waals surface area (Å²) in [6.07, 6.45) is 4.69. The van der Waals surface area contributed by atoms with Gasteiger partial charge < -0.3 is 19.9 Å². The van der Waals surface area contributed by atoms with E-state index in [4.69, 9.17) is 4.74 Å². The molecule has 0 radical (unpaired) electrons. The quantitative estimate of drug-likeness (QED) is 0.765. The molecule has 1 atom stereocenters. The van der Waals surface area contributed by atoms with Crippen molar-refractivity contribution in [1.82, 2.24) is 15.1 Å². The van der Waals surface area contributed by atoms with E-state index in [-0.39, 0.29) is 6.09 Å². The molecule has 5 nitrogen and oxygen atoms in total. The zero-order valence-corrected chi connectivity index (χ0v) is 14.7. The summed E-state index contributed by atoms with van der Waals surface area (Å²) in [6.45, 7) is 10.8. The van der Waals surface area contributed by atoms with Crippen LogP contribution in [0.3, 0.4) is 0 Å². The van der Waals surface area contributed by atoms with E-state index in [9.17, 15) is 4.79 Å². The Labute approximate surface area is 135 Å². The SMILES string of the molecule is CN1CCCC(CNCCN(C(=O)OC(C)(C)C)C2CC2)C1. The number of amides is 1. The van der Waals surface area contributed by atoms with Gasteiger partial charge in [-0.2, -0.15) is 0 Å². The first kappa shape index (κ1) is 17.5. The van der Waals surface area contributed by atoms with Gasteiger partial charge in [0.2, 0.25) is 0 Å². The third kappa shape index (κ3) is 6.13. The minimum absolute atomic E-state index is 0.158. The second-order valence-electron chi connectivity index (χ2n) is 7.88. The van der Waals surface area contributed by atoms with Gasteiger partial charge in [-0.15, -0.1) is 0 Å². The van der Waals surface area contributed by atoms with Gasteiger partial charge in [0.1, 0.15) is 5.60 Å². The van der Waals surface area contributed by atoms with Crippen molar-refractivity contribution in [2.24, 2.45) is 5.92 Å². The summed E-state index contributed by atoms with van der Waals surface area (Å²) in [5.74, 6) is 0.745. The monoisotopic (exact) mass is 311 g/mol. The van der Waals surface area contributed by atoms with Crippen molar-refractivity contribution in [1.29, 1.82) is 0 Å². The molecule has 0 bridgehead atoms. The molecule has 1 N–H and O–H groups in total. The lowest BCUT2D eigenvalue weighted by molar-refractivity contribution is 0.0235. The molecule has 1 saturated heterocycles. The van der Waals surface area contributed by atoms with E-state index in [1.54, 1.807) is 0 Å². The first-order valence-corrected chi connectivity index (χ1v) is 8.74. The summed E-state index contributed by atoms with van der Waals surface area (Å²) in [5.41, 5.74) is -0.412. The first-order valence-electron chi connectivity index (χ1n) is 8.74. The number of rotatable bonds is 6. The Morgan fingerprint density at radius 3 is 2.64 bits per heavy atom. The summed E-state index contributed by atoms with van der Waals surface area (Å²) in [7, 11) is 2.20. The maximum absolute atomic E-state index is 12.2. The number of piperidine rings is 1. The van der Waals surface area contributed by atoms with E-state index in [1.807, 2.05) is 25.7 Å². The summed E-state index contributed by atoms with van der Waals surface area (Å²) in [6, 6.07) is 0.400. The summed E-state index contributed by atoms with van der Waals surface area (Å²) in [4.78, 5) is 16.6. The predicted molar refractivity (Wildman–Crippen MR) is 89.1 cm³/mol. The van der Waals surface area contributed by atoms with E-state index in [0.717, 1.165) is 38.4 Å². The van der Waals surface area contributed by atoms with Crippen LogP contribution in [0.5, 0.6) is 0 Å². The van der Waals surface area contributed by atoms with Crippen LogP contribution >= 0.6 is 0 Å². The molecule has 1 saturated carbocycles. The smallest absolute Gasteiger partial charge is 0.410 e. The lowest BCUT2D eigenvalue weighted by Gasteiger charge is -2.30. The molecule has 2 fully saturated rings. The first-order chi connectivity index (χ1) is 10.3. The second kappa shape index (κ2) is 7.64. The van der Waals surface area contributed by atoms with Gasteiger partial charge in [0, 0.05) is 25.7 Å². The zero-order chi connectivity index (χ0) is 16.2. The molecule has 0 aromatic carbocycles. The van der Waals surface area contributed by atoms with Gasteiger partial charge in [-0.3, -0.25) is 0 Å². The molecule has 5 heteroatoms. The van der Waals surface area contributed by atoms with Crippen LogP contribution in [-0.2, 0) is 4.74 Å². The Bertz CT molecular complexity index is 363. The van der Waals surface area contributed by atoms with Crippen molar-refractivity contribution in [2.45, 2.75) is 58.1 Å². The Morgan fingerprint density at radius 2 is 2.05 bits per heavy atom. The van der Waals surface area contributed by atoms with E-state index in [2.05, 4.69) is 17.3 Å². The largest absolute Gasteiger partial charge is 0.444 e. The molecule has 0 aromatic rings. The Morgan fingerprint density at radius 1 is 1.32 bits per heavy atom. The third-order valence-electron chi connectivity index (χ3n) is 4.30. The van der Waals surface area contributed by atoms with Crippen LogP contribution < -0.4 is 5.32 Å². The molecule has 0 aromatic heterocycles. The number of hydrogen-bond donors (Lipinski definition) is 1. The molecule has 0 spiro atoms. The van der Waals surface area contributed by atoms with Gasteiger partial charge in [0.25, 0.3) is 0 Å². The summed E-state index contributed by atoms with van der Waals surface area (Å²) < 4.78 is 5.51. The number of likely N-dealkylation sites (tertiary alicyclic amines) is 1. The lowest BCUT2D eigenvalue weighted by Crippen LogP contribution is -2.43. The standard InChI is InChI=1S/C17H33N3O2/c1-17(2,3)22-16(21)20(15-7-8-15)11-9-18-12-14-6-5-10-19(4)13-14/h14-15,18H,5-13H2,1-4H3. The summed E-state index contributed by atoms with van der Waals surface area (Å²) >= 11 is 0. The lowest BCUT2D eigenvalue weighted by atomic mass is 9.98. The van der Waals surface area contributed by atoms with Gasteiger partial charge in [0.15, 0.2) is 0 Å². The average molecular weight is 311 g/mol. The van der Waals surface area contributed by atoms with Crippen molar-refractivity contribution >= 4 is 6.09 Å². The van der Waals surface area contributed by atoms with E-state index < -0.39 is 5.60 Å². The van der Waals surface area contributed by atoms with Crippen molar-refractivity contribution < 1.29 is 9.53 Å². The molecule has 22 heavy (non-hydrogen) atoms. The van der Waals surface area contributed by atoms with Crippen molar-refractivity contribution in [2.75, 3.05) is 39.8 Å². The van der Waals surface area contributed by atoms with Gasteiger partial charge in [0.05, 0.1) is 0 Å². The minimum atomic E-state index is -0.412. The van der Waals surface area contributed by atoms with Crippen LogP contribution in [0.4, 0.5) is 4.79 Å². The minimum Gasteiger partial charge on any atom is -0.444 e. The predicted octanol–water partition coefficient (Wildman–Crippen LogP) is 2.32. The molecule has 128 valence electrons. The third-order valence-corrected chi connectivity index (χ3v) is 4.30. The molecule has 2 rings (SSSR count). The van der Waals surface area contributed by atoms with Gasteiger partial charge in [-0.1, -0.05) is 0 Å². The second-order valence-corrected chi connectivity index (χ2v) is 7.88. The average Bonchev–Trinajstić information content (AvgIpc) is 3.21. The molecule has 1 aliphatic heterocycles. The van der Waals surface area contributed by atoms with E-state index >= 15 is 0 Å². The highest BCUT2D eigenvalue weighted by atomic mass is 16.6. The number of nitrogens with one attached hydrogen (secondary N) is 1. The number of hydrogen-bond acceptors (Lipinski definition) is 4. The number of ether oxygens (including phenoxy) is 1. The Hall–Kier alpha value is -0.810. The topological polar surface area (TPSA) is 44.8 Å². The van der Waals surface area contributed by atoms with E-state index in [1.165, 1.54) is 25.9 Å². The van der Waals surface area contributed by atoms with Gasteiger partial charge >= 0.3 is 6.09 Å². The van der Waals surface area contributed by atoms with Crippen molar-refractivity contribution in [3.05, 3.63) is 0 Å². The number of carbonyl (C=O) groups is 1. The molecule has 1 unspecified atom stereocenters. The van der Waals surface area contributed by atoms with Crippen LogP contribution in [0.2, 0.25) is 0 Å². The zero-order valence-electron chi connectivity index (χ0n) is 14.7. The van der Waals surface area contributed by atoms with Crippen LogP contribution in [0.15, 0.2) is 0 Å². The maximum Gasteiger partial charge on any atom is 0.410 e. The molecular formula is C17H33N3O2. The highest BCUT2D eigenvalue weighted by Gasteiger charge is 2.34. The summed E-state index contributed by atoms with van der Waals surface area (Å²) in [5, 5.41) is 3.53. The molecule has 2 aliphatic rings. The van der Waals surface area contributed by atoms with Crippen LogP contribution in [0, 0.1) is 5.92 Å². The molecule has 1 aliphatic carbocycles. The molecule has 1 heterocycles. The molecular weight excluding hydrogens is 278 g/mol. The fraction of sp³-hybridized carbons (Fsp3) is 0.941. The maximum atomic E-state index is 12.2. The van der Waals surface area contributed by atoms with Crippen LogP contribution in [0.25, 0.3) is 0 Å². The molecule has 1 amide bonds. The normalized spacial score (nSPS) is 23.4. The van der Waals surface area contributed by atoms with E-state index in [0.29, 0.717) is 6.04 Å². The van der Waals surface area contributed by atoms with Crippen LogP contribution in [-0.4, -0.2) is 67.3 Å². The fourth-order valence-corrected chi connectivity index (χ4v) is 3.08. The highest BCUT2D eigenvalue weighted by Crippen LogP contribution is 2.28. The number of carbonyl (C=O) groups excluding carboxylic acids is 1. The number of nitrogens with zero attached hydrogens (tertiary/aromatic N) is 2. The fourth-order valence-electron chi connectivity index (χ4n) is 3.08. The Kier molecular flexibility index (Phi) is 6.09. The van der Waals surface area contributed by atoms with Crippen molar-refractivity contribution in [3.63, 3.8) is 0 Å². The van der Waals surface area contributed by atoms with Crippen molar-refractivity contribution in [3.8, 4) is 0 Å². The van der Waals surface area contributed by atoms with Gasteiger partial charge in [-0.05, 0) is 72.5 Å².